The van der Waals surface area contributed by atoms with Gasteiger partial charge in [-0.2, -0.15) is 0 Å². The van der Waals surface area contributed by atoms with E-state index in [-0.39, 0.29) is 23.9 Å². The molecular formula is C19H15F3N4O. The van der Waals surface area contributed by atoms with Crippen molar-refractivity contribution in [2.45, 2.75) is 13.5 Å². The van der Waals surface area contributed by atoms with Crippen LogP contribution in [0.15, 0.2) is 48.5 Å². The van der Waals surface area contributed by atoms with Crippen LogP contribution >= 0.6 is 0 Å². The van der Waals surface area contributed by atoms with Crippen molar-refractivity contribution in [3.8, 4) is 0 Å². The van der Waals surface area contributed by atoms with Gasteiger partial charge >= 0.3 is 0 Å². The molecule has 0 radical (unpaired) electrons. The van der Waals surface area contributed by atoms with Gasteiger partial charge in [0.25, 0.3) is 5.91 Å². The van der Waals surface area contributed by atoms with Crippen molar-refractivity contribution in [2.75, 3.05) is 5.32 Å². The minimum absolute atomic E-state index is 0.000489. The lowest BCUT2D eigenvalue weighted by molar-refractivity contribution is 0.0945. The third-order valence-corrected chi connectivity index (χ3v) is 3.66. The van der Waals surface area contributed by atoms with Gasteiger partial charge in [-0.3, -0.25) is 4.79 Å². The zero-order valence-corrected chi connectivity index (χ0v) is 14.3. The van der Waals surface area contributed by atoms with Crippen molar-refractivity contribution in [2.24, 2.45) is 0 Å². The van der Waals surface area contributed by atoms with Crippen molar-refractivity contribution in [1.82, 2.24) is 15.3 Å². The number of amides is 1. The molecule has 27 heavy (non-hydrogen) atoms. The van der Waals surface area contributed by atoms with E-state index in [1.807, 2.05) is 0 Å². The van der Waals surface area contributed by atoms with Crippen LogP contribution in [0.3, 0.4) is 0 Å². The number of halogens is 3. The maximum absolute atomic E-state index is 13.6. The summed E-state index contributed by atoms with van der Waals surface area (Å²) in [6, 6.07) is 10.8. The van der Waals surface area contributed by atoms with Crippen LogP contribution in [0.5, 0.6) is 0 Å². The number of hydrogen-bond donors (Lipinski definition) is 2. The molecule has 2 N–H and O–H groups in total. The topological polar surface area (TPSA) is 66.9 Å². The van der Waals surface area contributed by atoms with Crippen molar-refractivity contribution in [3.63, 3.8) is 0 Å². The zero-order valence-electron chi connectivity index (χ0n) is 14.3. The maximum atomic E-state index is 13.6. The summed E-state index contributed by atoms with van der Waals surface area (Å²) in [6.07, 6.45) is 0. The smallest absolute Gasteiger partial charge is 0.270 e. The Morgan fingerprint density at radius 1 is 0.963 bits per heavy atom. The van der Waals surface area contributed by atoms with Crippen LogP contribution in [0.25, 0.3) is 0 Å². The highest BCUT2D eigenvalue weighted by Gasteiger charge is 2.12. The molecule has 0 aliphatic carbocycles. The number of benzene rings is 2. The Hall–Kier alpha value is -3.42. The minimum Gasteiger partial charge on any atom is -0.347 e. The van der Waals surface area contributed by atoms with Crippen molar-refractivity contribution < 1.29 is 18.0 Å². The summed E-state index contributed by atoms with van der Waals surface area (Å²) in [4.78, 5) is 20.5. The fourth-order valence-electron chi connectivity index (χ4n) is 2.35. The van der Waals surface area contributed by atoms with Crippen LogP contribution in [-0.2, 0) is 6.54 Å². The van der Waals surface area contributed by atoms with E-state index in [0.717, 1.165) is 12.1 Å². The molecule has 1 heterocycles. The number of nitrogens with one attached hydrogen (secondary N) is 2. The molecule has 3 rings (SSSR count). The molecule has 0 spiro atoms. The summed E-state index contributed by atoms with van der Waals surface area (Å²) in [5, 5.41) is 5.31. The summed E-state index contributed by atoms with van der Waals surface area (Å²) in [6.45, 7) is 1.66. The second-order valence-corrected chi connectivity index (χ2v) is 5.75. The standard InChI is InChI=1S/C19H15F3N4O/c1-11-8-17(18(27)23-10-12-4-2-3-5-14(12)20)26-19(24-11)25-13-6-7-15(21)16(22)9-13/h2-9H,10H2,1H3,(H,23,27)(H,24,25,26). The van der Waals surface area contributed by atoms with E-state index in [0.29, 0.717) is 11.3 Å². The second kappa shape index (κ2) is 7.86. The van der Waals surface area contributed by atoms with Crippen molar-refractivity contribution in [3.05, 3.63) is 82.9 Å². The third-order valence-electron chi connectivity index (χ3n) is 3.66. The summed E-state index contributed by atoms with van der Waals surface area (Å²) >= 11 is 0. The Morgan fingerprint density at radius 2 is 1.74 bits per heavy atom. The first-order chi connectivity index (χ1) is 12.9. The fraction of sp³-hybridized carbons (Fsp3) is 0.105. The number of rotatable bonds is 5. The summed E-state index contributed by atoms with van der Waals surface area (Å²) in [5.41, 5.74) is 1.13. The lowest BCUT2D eigenvalue weighted by atomic mass is 10.2. The van der Waals surface area contributed by atoms with Gasteiger partial charge in [0.15, 0.2) is 11.6 Å². The van der Waals surface area contributed by atoms with Gasteiger partial charge in [-0.25, -0.2) is 23.1 Å². The van der Waals surface area contributed by atoms with E-state index in [4.69, 9.17) is 0 Å². The molecule has 0 saturated heterocycles. The van der Waals surface area contributed by atoms with E-state index in [1.165, 1.54) is 18.2 Å². The van der Waals surface area contributed by atoms with Crippen LogP contribution in [0, 0.1) is 24.4 Å². The number of carbonyl (C=O) groups excluding carboxylic acids is 1. The monoisotopic (exact) mass is 372 g/mol. The molecule has 0 atom stereocenters. The third kappa shape index (κ3) is 4.60. The molecule has 0 unspecified atom stereocenters. The molecule has 2 aromatic carbocycles. The van der Waals surface area contributed by atoms with Crippen LogP contribution in [-0.4, -0.2) is 15.9 Å². The lowest BCUT2D eigenvalue weighted by Gasteiger charge is -2.09. The van der Waals surface area contributed by atoms with E-state index < -0.39 is 23.4 Å². The van der Waals surface area contributed by atoms with Gasteiger partial charge in [-0.15, -0.1) is 0 Å². The predicted octanol–water partition coefficient (Wildman–Crippen LogP) is 3.88. The molecule has 0 aliphatic rings. The van der Waals surface area contributed by atoms with Gasteiger partial charge in [-0.1, -0.05) is 18.2 Å². The highest BCUT2D eigenvalue weighted by molar-refractivity contribution is 5.92. The number of aryl methyl sites for hydroxylation is 1. The molecule has 5 nitrogen and oxygen atoms in total. The van der Waals surface area contributed by atoms with Gasteiger partial charge in [0.05, 0.1) is 0 Å². The SMILES string of the molecule is Cc1cc(C(=O)NCc2ccccc2F)nc(Nc2ccc(F)c(F)c2)n1. The number of anilines is 2. The molecule has 138 valence electrons. The Kier molecular flexibility index (Phi) is 5.35. The largest absolute Gasteiger partial charge is 0.347 e. The van der Waals surface area contributed by atoms with Crippen LogP contribution < -0.4 is 10.6 Å². The van der Waals surface area contributed by atoms with E-state index >= 15 is 0 Å². The van der Waals surface area contributed by atoms with E-state index in [2.05, 4.69) is 20.6 Å². The average Bonchev–Trinajstić information content (AvgIpc) is 2.63. The van der Waals surface area contributed by atoms with Crippen LogP contribution in [0.2, 0.25) is 0 Å². The molecule has 1 aromatic heterocycles. The van der Waals surface area contributed by atoms with Crippen LogP contribution in [0.4, 0.5) is 24.8 Å². The predicted molar refractivity (Wildman–Crippen MR) is 94.0 cm³/mol. The fourth-order valence-corrected chi connectivity index (χ4v) is 2.35. The molecule has 3 aromatic rings. The summed E-state index contributed by atoms with van der Waals surface area (Å²) < 4.78 is 40.0. The summed E-state index contributed by atoms with van der Waals surface area (Å²) in [5.74, 6) is -2.87. The molecule has 1 amide bonds. The number of nitrogens with zero attached hydrogens (tertiary/aromatic N) is 2. The quantitative estimate of drug-likeness (QED) is 0.713. The highest BCUT2D eigenvalue weighted by Crippen LogP contribution is 2.17. The average molecular weight is 372 g/mol. The Morgan fingerprint density at radius 3 is 2.48 bits per heavy atom. The van der Waals surface area contributed by atoms with Crippen LogP contribution in [0.1, 0.15) is 21.7 Å². The van der Waals surface area contributed by atoms with E-state index in [1.54, 1.807) is 25.1 Å². The molecule has 0 saturated carbocycles. The van der Waals surface area contributed by atoms with Gasteiger partial charge < -0.3 is 10.6 Å². The second-order valence-electron chi connectivity index (χ2n) is 5.75. The minimum atomic E-state index is -1.02. The lowest BCUT2D eigenvalue weighted by Crippen LogP contribution is -2.25. The normalized spacial score (nSPS) is 10.5. The Labute approximate surface area is 153 Å². The first-order valence-electron chi connectivity index (χ1n) is 8.02. The van der Waals surface area contributed by atoms with E-state index in [9.17, 15) is 18.0 Å². The number of hydrogen-bond acceptors (Lipinski definition) is 4. The Balaban J connectivity index is 1.75. The molecule has 8 heteroatoms. The van der Waals surface area contributed by atoms with Gasteiger partial charge in [-0.05, 0) is 31.2 Å². The highest BCUT2D eigenvalue weighted by atomic mass is 19.2. The zero-order chi connectivity index (χ0) is 19.4. The first-order valence-corrected chi connectivity index (χ1v) is 8.02. The van der Waals surface area contributed by atoms with Crippen molar-refractivity contribution >= 4 is 17.5 Å². The van der Waals surface area contributed by atoms with Gasteiger partial charge in [0.2, 0.25) is 5.95 Å². The molecule has 0 bridgehead atoms. The molecule has 0 aliphatic heterocycles. The molecule has 0 fully saturated rings. The molecular weight excluding hydrogens is 357 g/mol. The number of aromatic nitrogens is 2. The van der Waals surface area contributed by atoms with Crippen molar-refractivity contribution in [1.29, 1.82) is 0 Å². The van der Waals surface area contributed by atoms with Gasteiger partial charge in [0, 0.05) is 29.6 Å². The first kappa shape index (κ1) is 18.4. The van der Waals surface area contributed by atoms with Gasteiger partial charge in [0.1, 0.15) is 11.5 Å². The maximum Gasteiger partial charge on any atom is 0.270 e. The summed E-state index contributed by atoms with van der Waals surface area (Å²) in [7, 11) is 0. The number of carbonyl (C=O) groups is 1. The Bertz CT molecular complexity index is 994.